The van der Waals surface area contributed by atoms with Gasteiger partial charge in [0.15, 0.2) is 0 Å². The lowest BCUT2D eigenvalue weighted by Gasteiger charge is -2.11. The Morgan fingerprint density at radius 2 is 1.86 bits per heavy atom. The molecule has 2 heterocycles. The summed E-state index contributed by atoms with van der Waals surface area (Å²) in [5.41, 5.74) is -0.639. The van der Waals surface area contributed by atoms with Gasteiger partial charge < -0.3 is 15.4 Å². The first-order valence-corrected chi connectivity index (χ1v) is 11.9. The molecule has 0 aliphatic rings. The average molecular weight is 531 g/mol. The van der Waals surface area contributed by atoms with E-state index >= 15 is 0 Å². The van der Waals surface area contributed by atoms with Crippen LogP contribution in [-0.2, 0) is 17.5 Å². The standard InChI is InChI=1S/C25H21F3N4O4S/c1-3-36-18-10-5-4-9-17(18)31-22(34)21-14(2)20-23(37-21)29-13-32(24(20)35)12-19(33)30-16-8-6-7-15(11-16)25(26,27)28/h4-11,13H,3,12H2,1-2H3,(H,30,33)(H,31,34). The first kappa shape index (κ1) is 25.9. The van der Waals surface area contributed by atoms with Gasteiger partial charge in [0.05, 0.1) is 34.4 Å². The van der Waals surface area contributed by atoms with Crippen molar-refractivity contribution >= 4 is 44.7 Å². The number of amides is 2. The van der Waals surface area contributed by atoms with Crippen LogP contribution in [-0.4, -0.2) is 28.0 Å². The number of nitrogens with zero attached hydrogens (tertiary/aromatic N) is 2. The zero-order chi connectivity index (χ0) is 26.7. The van der Waals surface area contributed by atoms with Crippen molar-refractivity contribution in [2.75, 3.05) is 17.2 Å². The lowest BCUT2D eigenvalue weighted by molar-refractivity contribution is -0.137. The van der Waals surface area contributed by atoms with Gasteiger partial charge in [-0.1, -0.05) is 18.2 Å². The number of thiophene rings is 1. The first-order chi connectivity index (χ1) is 17.6. The number of hydrogen-bond donors (Lipinski definition) is 2. The second-order valence-electron chi connectivity index (χ2n) is 7.92. The molecule has 2 aromatic carbocycles. The predicted molar refractivity (Wildman–Crippen MR) is 134 cm³/mol. The minimum atomic E-state index is -4.56. The Balaban J connectivity index is 1.56. The molecular formula is C25H21F3N4O4S. The second-order valence-corrected chi connectivity index (χ2v) is 8.92. The number of carbonyl (C=O) groups is 2. The number of aryl methyl sites for hydroxylation is 1. The van der Waals surface area contributed by atoms with Crippen LogP contribution in [0, 0.1) is 6.92 Å². The molecule has 12 heteroatoms. The SMILES string of the molecule is CCOc1ccccc1NC(=O)c1sc2ncn(CC(=O)Nc3cccc(C(F)(F)F)c3)c(=O)c2c1C. The van der Waals surface area contributed by atoms with Gasteiger partial charge in [-0.05, 0) is 49.7 Å². The van der Waals surface area contributed by atoms with Crippen LogP contribution in [0.3, 0.4) is 0 Å². The molecule has 4 rings (SSSR count). The highest BCUT2D eigenvalue weighted by Gasteiger charge is 2.30. The van der Waals surface area contributed by atoms with E-state index in [0.29, 0.717) is 28.4 Å². The molecule has 0 saturated carbocycles. The number of benzene rings is 2. The van der Waals surface area contributed by atoms with Crippen molar-refractivity contribution in [3.05, 3.63) is 81.2 Å². The predicted octanol–water partition coefficient (Wildman–Crippen LogP) is 5.07. The van der Waals surface area contributed by atoms with Crippen molar-refractivity contribution in [2.24, 2.45) is 0 Å². The van der Waals surface area contributed by atoms with Crippen molar-refractivity contribution in [1.82, 2.24) is 9.55 Å². The Bertz CT molecular complexity index is 1550. The van der Waals surface area contributed by atoms with Crippen molar-refractivity contribution in [1.29, 1.82) is 0 Å². The maximum atomic E-state index is 13.1. The Hall–Kier alpha value is -4.19. The molecule has 8 nitrogen and oxygen atoms in total. The molecule has 0 aliphatic heterocycles. The third-order valence-corrected chi connectivity index (χ3v) is 6.54. The summed E-state index contributed by atoms with van der Waals surface area (Å²) in [5, 5.41) is 5.33. The van der Waals surface area contributed by atoms with Crippen LogP contribution < -0.4 is 20.9 Å². The monoisotopic (exact) mass is 530 g/mol. The van der Waals surface area contributed by atoms with Gasteiger partial charge in [0.25, 0.3) is 11.5 Å². The molecule has 0 unspecified atom stereocenters. The van der Waals surface area contributed by atoms with Crippen molar-refractivity contribution < 1.29 is 27.5 Å². The van der Waals surface area contributed by atoms with Gasteiger partial charge in [-0.3, -0.25) is 19.0 Å². The highest BCUT2D eigenvalue weighted by Crippen LogP contribution is 2.31. The zero-order valence-electron chi connectivity index (χ0n) is 19.7. The van der Waals surface area contributed by atoms with Gasteiger partial charge in [0, 0.05) is 5.69 Å². The molecule has 0 bridgehead atoms. The van der Waals surface area contributed by atoms with E-state index in [0.717, 1.165) is 28.0 Å². The number of nitrogens with one attached hydrogen (secondary N) is 2. The summed E-state index contributed by atoms with van der Waals surface area (Å²) in [7, 11) is 0. The number of hydrogen-bond acceptors (Lipinski definition) is 6. The van der Waals surface area contributed by atoms with Gasteiger partial charge in [0.1, 0.15) is 17.1 Å². The molecule has 0 saturated heterocycles. The highest BCUT2D eigenvalue weighted by atomic mass is 32.1. The Morgan fingerprint density at radius 1 is 1.11 bits per heavy atom. The summed E-state index contributed by atoms with van der Waals surface area (Å²) in [6.07, 6.45) is -3.39. The number of carbonyl (C=O) groups excluding carboxylic acids is 2. The number of fused-ring (bicyclic) bond motifs is 1. The molecule has 2 N–H and O–H groups in total. The maximum Gasteiger partial charge on any atom is 0.416 e. The molecule has 192 valence electrons. The number of rotatable bonds is 7. The normalized spacial score (nSPS) is 11.4. The van der Waals surface area contributed by atoms with Crippen LogP contribution >= 0.6 is 11.3 Å². The van der Waals surface area contributed by atoms with Crippen LogP contribution in [0.15, 0.2) is 59.7 Å². The largest absolute Gasteiger partial charge is 0.492 e. The molecular weight excluding hydrogens is 509 g/mol. The number of para-hydroxylation sites is 2. The van der Waals surface area contributed by atoms with Crippen molar-refractivity contribution in [3.8, 4) is 5.75 Å². The van der Waals surface area contributed by atoms with Gasteiger partial charge in [-0.15, -0.1) is 11.3 Å². The van der Waals surface area contributed by atoms with E-state index in [4.69, 9.17) is 4.74 Å². The lowest BCUT2D eigenvalue weighted by atomic mass is 10.2. The van der Waals surface area contributed by atoms with Crippen LogP contribution in [0.1, 0.15) is 27.7 Å². The first-order valence-electron chi connectivity index (χ1n) is 11.1. The number of aromatic nitrogens is 2. The molecule has 0 spiro atoms. The summed E-state index contributed by atoms with van der Waals surface area (Å²) in [6, 6.07) is 11.1. The third kappa shape index (κ3) is 5.64. The third-order valence-electron chi connectivity index (χ3n) is 5.35. The summed E-state index contributed by atoms with van der Waals surface area (Å²) in [6.45, 7) is 3.37. The Kier molecular flexibility index (Phi) is 7.30. The van der Waals surface area contributed by atoms with Crippen LogP contribution in [0.2, 0.25) is 0 Å². The molecule has 4 aromatic rings. The van der Waals surface area contributed by atoms with Crippen LogP contribution in [0.4, 0.5) is 24.5 Å². The van der Waals surface area contributed by atoms with Crippen LogP contribution in [0.5, 0.6) is 5.75 Å². The fraction of sp³-hybridized carbons (Fsp3) is 0.200. The van der Waals surface area contributed by atoms with E-state index in [1.165, 1.54) is 18.5 Å². The van der Waals surface area contributed by atoms with E-state index in [1.807, 2.05) is 6.92 Å². The fourth-order valence-corrected chi connectivity index (χ4v) is 4.68. The molecule has 2 amide bonds. The zero-order valence-corrected chi connectivity index (χ0v) is 20.5. The van der Waals surface area contributed by atoms with E-state index < -0.39 is 35.7 Å². The average Bonchev–Trinajstić information content (AvgIpc) is 3.19. The quantitative estimate of drug-likeness (QED) is 0.347. The maximum absolute atomic E-state index is 13.1. The van der Waals surface area contributed by atoms with E-state index in [1.54, 1.807) is 31.2 Å². The second kappa shape index (κ2) is 10.4. The number of anilines is 2. The molecule has 0 atom stereocenters. The smallest absolute Gasteiger partial charge is 0.416 e. The van der Waals surface area contributed by atoms with Gasteiger partial charge in [0.2, 0.25) is 5.91 Å². The summed E-state index contributed by atoms with van der Waals surface area (Å²) < 4.78 is 45.3. The van der Waals surface area contributed by atoms with Gasteiger partial charge in [-0.25, -0.2) is 4.98 Å². The summed E-state index contributed by atoms with van der Waals surface area (Å²) >= 11 is 1.03. The van der Waals surface area contributed by atoms with Gasteiger partial charge in [-0.2, -0.15) is 13.2 Å². The molecule has 0 radical (unpaired) electrons. The fourth-order valence-electron chi connectivity index (χ4n) is 3.65. The summed E-state index contributed by atoms with van der Waals surface area (Å²) in [5.74, 6) is -0.647. The van der Waals surface area contributed by atoms with Crippen molar-refractivity contribution in [2.45, 2.75) is 26.6 Å². The molecule has 37 heavy (non-hydrogen) atoms. The molecule has 0 fully saturated rings. The number of alkyl halides is 3. The number of ether oxygens (including phenoxy) is 1. The van der Waals surface area contributed by atoms with E-state index in [2.05, 4.69) is 15.6 Å². The highest BCUT2D eigenvalue weighted by molar-refractivity contribution is 7.20. The Labute approximate surface area is 212 Å². The molecule has 0 aliphatic carbocycles. The minimum absolute atomic E-state index is 0.0556. The summed E-state index contributed by atoms with van der Waals surface area (Å²) in [4.78, 5) is 43.4. The minimum Gasteiger partial charge on any atom is -0.492 e. The Morgan fingerprint density at radius 3 is 2.59 bits per heavy atom. The van der Waals surface area contributed by atoms with Crippen molar-refractivity contribution in [3.63, 3.8) is 0 Å². The van der Waals surface area contributed by atoms with E-state index in [9.17, 15) is 27.6 Å². The molecule has 2 aromatic heterocycles. The van der Waals surface area contributed by atoms with Gasteiger partial charge >= 0.3 is 6.18 Å². The number of halogens is 3. The van der Waals surface area contributed by atoms with E-state index in [-0.39, 0.29) is 16.0 Å². The topological polar surface area (TPSA) is 102 Å². The lowest BCUT2D eigenvalue weighted by Crippen LogP contribution is -2.28. The van der Waals surface area contributed by atoms with Crippen LogP contribution in [0.25, 0.3) is 10.2 Å².